The molecule has 0 fully saturated rings. The summed E-state index contributed by atoms with van der Waals surface area (Å²) in [6, 6.07) is 13.1. The Hall–Kier alpha value is -3.06. The van der Waals surface area contributed by atoms with Gasteiger partial charge in [0, 0.05) is 18.3 Å². The third-order valence-corrected chi connectivity index (χ3v) is 5.15. The first-order chi connectivity index (χ1) is 13.0. The molecule has 0 radical (unpaired) electrons. The van der Waals surface area contributed by atoms with Crippen molar-refractivity contribution < 1.29 is 14.0 Å². The fourth-order valence-corrected chi connectivity index (χ4v) is 3.46. The summed E-state index contributed by atoms with van der Waals surface area (Å²) < 4.78 is 13.1. The van der Waals surface area contributed by atoms with Crippen LogP contribution in [0.4, 0.5) is 10.1 Å². The van der Waals surface area contributed by atoms with Gasteiger partial charge in [0.15, 0.2) is 0 Å². The van der Waals surface area contributed by atoms with Crippen molar-refractivity contribution in [2.45, 2.75) is 13.3 Å². The van der Waals surface area contributed by atoms with Crippen molar-refractivity contribution in [1.82, 2.24) is 10.3 Å². The number of rotatable bonds is 5. The van der Waals surface area contributed by atoms with E-state index >= 15 is 0 Å². The molecule has 3 rings (SSSR count). The average molecular weight is 383 g/mol. The SMILES string of the molecule is CNC(=O)Cc1ccc(NC(=O)c2sc(-c3ccc(F)cc3)nc2C)cc1. The Kier molecular flexibility index (Phi) is 5.61. The van der Waals surface area contributed by atoms with Gasteiger partial charge in [-0.25, -0.2) is 9.37 Å². The minimum atomic E-state index is -0.315. The second kappa shape index (κ2) is 8.09. The molecule has 2 amide bonds. The van der Waals surface area contributed by atoms with Gasteiger partial charge in [0.2, 0.25) is 5.91 Å². The summed E-state index contributed by atoms with van der Waals surface area (Å²) >= 11 is 1.26. The molecule has 0 atom stereocenters. The summed E-state index contributed by atoms with van der Waals surface area (Å²) in [4.78, 5) is 28.9. The summed E-state index contributed by atoms with van der Waals surface area (Å²) in [7, 11) is 1.59. The third-order valence-electron chi connectivity index (χ3n) is 3.95. The molecule has 3 aromatic rings. The minimum Gasteiger partial charge on any atom is -0.359 e. The van der Waals surface area contributed by atoms with Gasteiger partial charge in [-0.1, -0.05) is 12.1 Å². The van der Waals surface area contributed by atoms with Crippen molar-refractivity contribution in [2.24, 2.45) is 0 Å². The Morgan fingerprint density at radius 1 is 1.07 bits per heavy atom. The van der Waals surface area contributed by atoms with Gasteiger partial charge >= 0.3 is 0 Å². The first-order valence-electron chi connectivity index (χ1n) is 8.30. The Morgan fingerprint density at radius 3 is 2.37 bits per heavy atom. The van der Waals surface area contributed by atoms with Crippen molar-refractivity contribution in [3.05, 3.63) is 70.5 Å². The molecule has 0 spiro atoms. The van der Waals surface area contributed by atoms with Crippen LogP contribution in [0.25, 0.3) is 10.6 Å². The zero-order valence-corrected chi connectivity index (χ0v) is 15.7. The van der Waals surface area contributed by atoms with Gasteiger partial charge in [-0.15, -0.1) is 11.3 Å². The number of thiazole rings is 1. The van der Waals surface area contributed by atoms with Crippen LogP contribution >= 0.6 is 11.3 Å². The van der Waals surface area contributed by atoms with Crippen LogP contribution in [0.2, 0.25) is 0 Å². The molecule has 138 valence electrons. The molecule has 0 saturated carbocycles. The molecule has 2 N–H and O–H groups in total. The topological polar surface area (TPSA) is 71.1 Å². The summed E-state index contributed by atoms with van der Waals surface area (Å²) in [5, 5.41) is 6.08. The fourth-order valence-electron chi connectivity index (χ4n) is 2.49. The van der Waals surface area contributed by atoms with Crippen molar-refractivity contribution >= 4 is 28.8 Å². The lowest BCUT2D eigenvalue weighted by Crippen LogP contribution is -2.19. The van der Waals surface area contributed by atoms with Gasteiger partial charge in [0.05, 0.1) is 12.1 Å². The molecular weight excluding hydrogens is 365 g/mol. The Labute approximate surface area is 160 Å². The van der Waals surface area contributed by atoms with Crippen LogP contribution in [0.3, 0.4) is 0 Å². The number of anilines is 1. The standard InChI is InChI=1S/C20H18FN3O2S/c1-12-18(27-20(23-12)14-5-7-15(21)8-6-14)19(26)24-16-9-3-13(4-10-16)11-17(25)22-2/h3-10H,11H2,1-2H3,(H,22,25)(H,24,26). The number of aromatic nitrogens is 1. The van der Waals surface area contributed by atoms with Gasteiger partial charge in [-0.2, -0.15) is 0 Å². The number of nitrogens with one attached hydrogen (secondary N) is 2. The summed E-state index contributed by atoms with van der Waals surface area (Å²) in [6.07, 6.45) is 0.291. The lowest BCUT2D eigenvalue weighted by molar-refractivity contribution is -0.119. The van der Waals surface area contributed by atoms with Gasteiger partial charge in [0.25, 0.3) is 5.91 Å². The van der Waals surface area contributed by atoms with Gasteiger partial charge in [-0.05, 0) is 48.9 Å². The second-order valence-corrected chi connectivity index (χ2v) is 6.94. The van der Waals surface area contributed by atoms with Crippen LogP contribution in [0.1, 0.15) is 20.9 Å². The zero-order valence-electron chi connectivity index (χ0n) is 14.9. The first kappa shape index (κ1) is 18.7. The van der Waals surface area contributed by atoms with E-state index in [-0.39, 0.29) is 17.6 Å². The van der Waals surface area contributed by atoms with E-state index in [1.165, 1.54) is 23.5 Å². The number of hydrogen-bond acceptors (Lipinski definition) is 4. The highest BCUT2D eigenvalue weighted by molar-refractivity contribution is 7.17. The van der Waals surface area contributed by atoms with Crippen LogP contribution in [-0.2, 0) is 11.2 Å². The molecule has 2 aromatic carbocycles. The number of aryl methyl sites for hydroxylation is 1. The minimum absolute atomic E-state index is 0.0691. The van der Waals surface area contributed by atoms with Gasteiger partial charge in [0.1, 0.15) is 15.7 Å². The fraction of sp³-hybridized carbons (Fsp3) is 0.150. The van der Waals surface area contributed by atoms with E-state index in [9.17, 15) is 14.0 Å². The Bertz CT molecular complexity index is 966. The number of carbonyl (C=O) groups is 2. The predicted molar refractivity (Wildman–Crippen MR) is 104 cm³/mol. The highest BCUT2D eigenvalue weighted by atomic mass is 32.1. The molecule has 1 heterocycles. The van der Waals surface area contributed by atoms with E-state index in [1.807, 2.05) is 0 Å². The van der Waals surface area contributed by atoms with E-state index in [0.717, 1.165) is 11.1 Å². The predicted octanol–water partition coefficient (Wildman–Crippen LogP) is 3.80. The lowest BCUT2D eigenvalue weighted by Gasteiger charge is -2.06. The van der Waals surface area contributed by atoms with Crippen LogP contribution in [0, 0.1) is 12.7 Å². The largest absolute Gasteiger partial charge is 0.359 e. The number of halogens is 1. The second-order valence-electron chi connectivity index (χ2n) is 5.94. The van der Waals surface area contributed by atoms with Gasteiger partial charge in [-0.3, -0.25) is 9.59 Å². The summed E-state index contributed by atoms with van der Waals surface area (Å²) in [5.74, 6) is -0.636. The molecule has 27 heavy (non-hydrogen) atoms. The van der Waals surface area contributed by atoms with Crippen LogP contribution < -0.4 is 10.6 Å². The summed E-state index contributed by atoms with van der Waals surface area (Å²) in [6.45, 7) is 1.77. The van der Waals surface area contributed by atoms with Crippen molar-refractivity contribution in [3.63, 3.8) is 0 Å². The van der Waals surface area contributed by atoms with Crippen molar-refractivity contribution in [1.29, 1.82) is 0 Å². The maximum absolute atomic E-state index is 13.1. The molecule has 1 aromatic heterocycles. The van der Waals surface area contributed by atoms with Crippen LogP contribution in [0.15, 0.2) is 48.5 Å². The van der Waals surface area contributed by atoms with Crippen LogP contribution in [0.5, 0.6) is 0 Å². The first-order valence-corrected chi connectivity index (χ1v) is 9.12. The highest BCUT2D eigenvalue weighted by Crippen LogP contribution is 2.28. The monoisotopic (exact) mass is 383 g/mol. The number of likely N-dealkylation sites (N-methyl/N-ethyl adjacent to an activating group) is 1. The number of benzene rings is 2. The van der Waals surface area contributed by atoms with E-state index in [0.29, 0.717) is 27.7 Å². The lowest BCUT2D eigenvalue weighted by atomic mass is 10.1. The highest BCUT2D eigenvalue weighted by Gasteiger charge is 2.16. The number of nitrogens with zero attached hydrogens (tertiary/aromatic N) is 1. The Balaban J connectivity index is 1.73. The smallest absolute Gasteiger partial charge is 0.267 e. The molecule has 0 unspecified atom stereocenters. The van der Waals surface area contributed by atoms with E-state index in [1.54, 1.807) is 50.4 Å². The number of amides is 2. The summed E-state index contributed by atoms with van der Waals surface area (Å²) in [5.41, 5.74) is 2.88. The maximum Gasteiger partial charge on any atom is 0.267 e. The molecule has 0 bridgehead atoms. The number of carbonyl (C=O) groups excluding carboxylic acids is 2. The molecule has 0 aliphatic carbocycles. The Morgan fingerprint density at radius 2 is 1.74 bits per heavy atom. The van der Waals surface area contributed by atoms with Crippen molar-refractivity contribution in [2.75, 3.05) is 12.4 Å². The molecule has 0 saturated heterocycles. The normalized spacial score (nSPS) is 10.5. The molecule has 0 aliphatic rings. The van der Waals surface area contributed by atoms with Crippen LogP contribution in [-0.4, -0.2) is 23.8 Å². The van der Waals surface area contributed by atoms with Gasteiger partial charge < -0.3 is 10.6 Å². The van der Waals surface area contributed by atoms with Crippen molar-refractivity contribution in [3.8, 4) is 10.6 Å². The van der Waals surface area contributed by atoms with E-state index < -0.39 is 0 Å². The van der Waals surface area contributed by atoms with E-state index in [4.69, 9.17) is 0 Å². The molecular formula is C20H18FN3O2S. The maximum atomic E-state index is 13.1. The molecule has 5 nitrogen and oxygen atoms in total. The quantitative estimate of drug-likeness (QED) is 0.704. The molecule has 0 aliphatic heterocycles. The molecule has 7 heteroatoms. The number of hydrogen-bond donors (Lipinski definition) is 2. The third kappa shape index (κ3) is 4.57. The van der Waals surface area contributed by atoms with E-state index in [2.05, 4.69) is 15.6 Å². The average Bonchev–Trinajstić information content (AvgIpc) is 3.05. The zero-order chi connectivity index (χ0) is 19.4.